The summed E-state index contributed by atoms with van der Waals surface area (Å²) in [6.07, 6.45) is -3.80. The van der Waals surface area contributed by atoms with E-state index in [1.165, 1.54) is 23.5 Å². The van der Waals surface area contributed by atoms with Crippen LogP contribution in [0.3, 0.4) is 0 Å². The molecule has 0 aliphatic carbocycles. The largest absolute Gasteiger partial charge is 0.416 e. The van der Waals surface area contributed by atoms with Crippen LogP contribution < -0.4 is 5.32 Å². The van der Waals surface area contributed by atoms with Crippen molar-refractivity contribution in [2.45, 2.75) is 26.4 Å². The molecule has 0 radical (unpaired) electrons. The molecule has 0 fully saturated rings. The fourth-order valence-electron chi connectivity index (χ4n) is 2.87. The number of hydrogen-bond acceptors (Lipinski definition) is 3. The van der Waals surface area contributed by atoms with Crippen molar-refractivity contribution in [1.82, 2.24) is 10.3 Å². The Kier molecular flexibility index (Phi) is 5.84. The zero-order valence-electron chi connectivity index (χ0n) is 15.4. The van der Waals surface area contributed by atoms with Crippen LogP contribution in [-0.4, -0.2) is 17.4 Å². The van der Waals surface area contributed by atoms with Crippen LogP contribution in [0.1, 0.15) is 32.7 Å². The van der Waals surface area contributed by atoms with Crippen molar-refractivity contribution in [2.75, 3.05) is 6.54 Å². The molecule has 1 N–H and O–H groups in total. The number of benzene rings is 2. The van der Waals surface area contributed by atoms with E-state index in [0.29, 0.717) is 29.1 Å². The highest BCUT2D eigenvalue weighted by molar-refractivity contribution is 7.13. The first kappa shape index (κ1) is 20.1. The molecule has 3 nitrogen and oxygen atoms in total. The second-order valence-corrected chi connectivity index (χ2v) is 7.46. The number of alkyl halides is 3. The lowest BCUT2D eigenvalue weighted by molar-refractivity contribution is -0.137. The van der Waals surface area contributed by atoms with E-state index in [1.54, 1.807) is 0 Å². The van der Waals surface area contributed by atoms with Gasteiger partial charge in [0.05, 0.1) is 11.3 Å². The summed E-state index contributed by atoms with van der Waals surface area (Å²) in [5, 5.41) is 5.39. The van der Waals surface area contributed by atoms with Gasteiger partial charge in [0.2, 0.25) is 0 Å². The van der Waals surface area contributed by atoms with Gasteiger partial charge in [-0.05, 0) is 38.1 Å². The lowest BCUT2D eigenvalue weighted by atomic mass is 10.1. The number of hydrogen-bond donors (Lipinski definition) is 1. The molecule has 0 saturated carbocycles. The van der Waals surface area contributed by atoms with Gasteiger partial charge in [-0.3, -0.25) is 4.79 Å². The van der Waals surface area contributed by atoms with E-state index < -0.39 is 11.7 Å². The van der Waals surface area contributed by atoms with Gasteiger partial charge in [-0.2, -0.15) is 13.2 Å². The van der Waals surface area contributed by atoms with Gasteiger partial charge in [0, 0.05) is 29.5 Å². The summed E-state index contributed by atoms with van der Waals surface area (Å²) in [5.74, 6) is -0.134. The molecule has 0 unspecified atom stereocenters. The van der Waals surface area contributed by atoms with Crippen LogP contribution in [0.2, 0.25) is 0 Å². The molecule has 7 heteroatoms. The van der Waals surface area contributed by atoms with Gasteiger partial charge in [-0.25, -0.2) is 4.98 Å². The SMILES string of the molecule is Cc1cc(C)cc(C(=O)NCCc2csc(-c3ccc(C(F)(F)F)cc3)n2)c1. The van der Waals surface area contributed by atoms with E-state index in [9.17, 15) is 18.0 Å². The second-order valence-electron chi connectivity index (χ2n) is 6.60. The highest BCUT2D eigenvalue weighted by Gasteiger charge is 2.30. The van der Waals surface area contributed by atoms with E-state index in [2.05, 4.69) is 10.3 Å². The Bertz CT molecular complexity index is 958. The highest BCUT2D eigenvalue weighted by atomic mass is 32.1. The highest BCUT2D eigenvalue weighted by Crippen LogP contribution is 2.31. The Balaban J connectivity index is 1.58. The lowest BCUT2D eigenvalue weighted by Crippen LogP contribution is -2.25. The number of aromatic nitrogens is 1. The summed E-state index contributed by atoms with van der Waals surface area (Å²) in [5.41, 5.74) is 3.45. The van der Waals surface area contributed by atoms with Crippen LogP contribution in [0.25, 0.3) is 10.6 Å². The number of amides is 1. The van der Waals surface area contributed by atoms with E-state index in [4.69, 9.17) is 0 Å². The molecule has 3 rings (SSSR count). The summed E-state index contributed by atoms with van der Waals surface area (Å²) in [6.45, 7) is 4.33. The molecule has 0 atom stereocenters. The number of halogens is 3. The Morgan fingerprint density at radius 2 is 1.71 bits per heavy atom. The zero-order valence-corrected chi connectivity index (χ0v) is 16.2. The maximum Gasteiger partial charge on any atom is 0.416 e. The Hall–Kier alpha value is -2.67. The van der Waals surface area contributed by atoms with Gasteiger partial charge in [-0.1, -0.05) is 29.3 Å². The molecule has 0 saturated heterocycles. The molecule has 28 heavy (non-hydrogen) atoms. The Morgan fingerprint density at radius 1 is 1.07 bits per heavy atom. The van der Waals surface area contributed by atoms with Crippen LogP contribution in [0, 0.1) is 13.8 Å². The standard InChI is InChI=1S/C21H19F3N2OS/c1-13-9-14(2)11-16(10-13)19(27)25-8-7-18-12-28-20(26-18)15-3-5-17(6-4-15)21(22,23)24/h3-6,9-12H,7-8H2,1-2H3,(H,25,27). The molecule has 0 spiro atoms. The first-order valence-electron chi connectivity index (χ1n) is 8.71. The Labute approximate surface area is 165 Å². The number of nitrogens with one attached hydrogen (secondary N) is 1. The predicted octanol–water partition coefficient (Wildman–Crippen LogP) is 5.42. The minimum absolute atomic E-state index is 0.134. The van der Waals surface area contributed by atoms with Crippen LogP contribution in [0.15, 0.2) is 47.8 Å². The molecule has 1 aromatic heterocycles. The van der Waals surface area contributed by atoms with Gasteiger partial charge in [0.15, 0.2) is 0 Å². The van der Waals surface area contributed by atoms with E-state index in [-0.39, 0.29) is 5.91 Å². The van der Waals surface area contributed by atoms with E-state index in [0.717, 1.165) is 29.0 Å². The molecule has 1 amide bonds. The average molecular weight is 404 g/mol. The molecule has 0 aliphatic heterocycles. The molecular weight excluding hydrogens is 385 g/mol. The lowest BCUT2D eigenvalue weighted by Gasteiger charge is -2.07. The van der Waals surface area contributed by atoms with E-state index >= 15 is 0 Å². The number of carbonyl (C=O) groups excluding carboxylic acids is 1. The number of carbonyl (C=O) groups is 1. The summed E-state index contributed by atoms with van der Waals surface area (Å²) in [6, 6.07) is 10.7. The zero-order chi connectivity index (χ0) is 20.3. The third-order valence-corrected chi connectivity index (χ3v) is 5.10. The molecule has 0 bridgehead atoms. The molecule has 1 heterocycles. The fraction of sp³-hybridized carbons (Fsp3) is 0.238. The van der Waals surface area contributed by atoms with Crippen molar-refractivity contribution < 1.29 is 18.0 Å². The van der Waals surface area contributed by atoms with Crippen LogP contribution in [0.5, 0.6) is 0 Å². The second kappa shape index (κ2) is 8.14. The first-order valence-corrected chi connectivity index (χ1v) is 9.59. The van der Waals surface area contributed by atoms with E-state index in [1.807, 2.05) is 37.4 Å². The number of aryl methyl sites for hydroxylation is 2. The van der Waals surface area contributed by atoms with Crippen LogP contribution in [0.4, 0.5) is 13.2 Å². The normalized spacial score (nSPS) is 11.5. The van der Waals surface area contributed by atoms with Crippen LogP contribution >= 0.6 is 11.3 Å². The number of thiazole rings is 1. The maximum absolute atomic E-state index is 12.7. The molecule has 0 aliphatic rings. The average Bonchev–Trinajstić information content (AvgIpc) is 3.09. The smallest absolute Gasteiger partial charge is 0.352 e. The van der Waals surface area contributed by atoms with Crippen molar-refractivity contribution in [2.24, 2.45) is 0 Å². The minimum atomic E-state index is -4.35. The Morgan fingerprint density at radius 3 is 2.32 bits per heavy atom. The number of rotatable bonds is 5. The van der Waals surface area contributed by atoms with Gasteiger partial charge in [0.1, 0.15) is 5.01 Å². The quantitative estimate of drug-likeness (QED) is 0.617. The molecule has 3 aromatic rings. The monoisotopic (exact) mass is 404 g/mol. The van der Waals surface area contributed by atoms with Crippen molar-refractivity contribution >= 4 is 17.2 Å². The third-order valence-electron chi connectivity index (χ3n) is 4.16. The van der Waals surface area contributed by atoms with Crippen molar-refractivity contribution in [1.29, 1.82) is 0 Å². The van der Waals surface area contributed by atoms with Gasteiger partial charge in [-0.15, -0.1) is 11.3 Å². The summed E-state index contributed by atoms with van der Waals surface area (Å²) >= 11 is 1.37. The van der Waals surface area contributed by atoms with Crippen molar-refractivity contribution in [3.05, 3.63) is 75.8 Å². The van der Waals surface area contributed by atoms with Gasteiger partial charge < -0.3 is 5.32 Å². The topological polar surface area (TPSA) is 42.0 Å². The predicted molar refractivity (Wildman–Crippen MR) is 105 cm³/mol. The van der Waals surface area contributed by atoms with Gasteiger partial charge >= 0.3 is 6.18 Å². The maximum atomic E-state index is 12.7. The van der Waals surface area contributed by atoms with Gasteiger partial charge in [0.25, 0.3) is 5.91 Å². The molecule has 146 valence electrons. The molecular formula is C21H19F3N2OS. The third kappa shape index (κ3) is 4.98. The fourth-order valence-corrected chi connectivity index (χ4v) is 3.73. The summed E-state index contributed by atoms with van der Waals surface area (Å²) in [7, 11) is 0. The van der Waals surface area contributed by atoms with Crippen molar-refractivity contribution in [3.63, 3.8) is 0 Å². The minimum Gasteiger partial charge on any atom is -0.352 e. The summed E-state index contributed by atoms with van der Waals surface area (Å²) < 4.78 is 38.0. The first-order chi connectivity index (χ1) is 13.2. The summed E-state index contributed by atoms with van der Waals surface area (Å²) in [4.78, 5) is 16.7. The van der Waals surface area contributed by atoms with Crippen molar-refractivity contribution in [3.8, 4) is 10.6 Å². The molecule has 2 aromatic carbocycles. The van der Waals surface area contributed by atoms with Crippen LogP contribution in [-0.2, 0) is 12.6 Å². The number of nitrogens with zero attached hydrogens (tertiary/aromatic N) is 1.